The molecule has 1 heterocycles. The first-order valence-electron chi connectivity index (χ1n) is 9.82. The third-order valence-corrected chi connectivity index (χ3v) is 7.13. The summed E-state index contributed by atoms with van der Waals surface area (Å²) in [5, 5.41) is 0.234. The molecule has 0 saturated carbocycles. The maximum absolute atomic E-state index is 12.7. The molecule has 1 unspecified atom stereocenters. The van der Waals surface area contributed by atoms with Crippen LogP contribution >= 0.6 is 11.6 Å². The number of hydrogen-bond acceptors (Lipinski definition) is 7. The standard InChI is InChI=1S/C21H23ClN4O6S/c1-13-4-7-15(8-5-13)33(30,31)25(2)12-19(27)24-23-17-11-20(28)26(21(17)29)14-6-9-18(32-3)16(22)10-14/h4-10,17,23H,11-12H2,1-3H3,(H,24,27). The number of sulfonamides is 1. The zero-order valence-corrected chi connectivity index (χ0v) is 19.7. The highest BCUT2D eigenvalue weighted by atomic mass is 35.5. The number of carbonyl (C=O) groups is 3. The molecule has 10 nitrogen and oxygen atoms in total. The van der Waals surface area contributed by atoms with Crippen molar-refractivity contribution in [3.05, 3.63) is 53.1 Å². The second kappa shape index (κ2) is 9.87. The summed E-state index contributed by atoms with van der Waals surface area (Å²) in [6.07, 6.45) is -0.194. The number of nitrogens with zero attached hydrogens (tertiary/aromatic N) is 2. The van der Waals surface area contributed by atoms with Crippen molar-refractivity contribution in [2.24, 2.45) is 0 Å². The predicted octanol–water partition coefficient (Wildman–Crippen LogP) is 1.23. The molecule has 0 spiro atoms. The van der Waals surface area contributed by atoms with E-state index in [0.29, 0.717) is 5.75 Å². The van der Waals surface area contributed by atoms with Crippen molar-refractivity contribution >= 4 is 45.0 Å². The van der Waals surface area contributed by atoms with Crippen LogP contribution in [0.5, 0.6) is 5.75 Å². The average molecular weight is 495 g/mol. The normalized spacial score (nSPS) is 16.4. The minimum Gasteiger partial charge on any atom is -0.495 e. The van der Waals surface area contributed by atoms with Gasteiger partial charge in [-0.15, -0.1) is 0 Å². The largest absolute Gasteiger partial charge is 0.495 e. The molecule has 33 heavy (non-hydrogen) atoms. The van der Waals surface area contributed by atoms with E-state index in [1.165, 1.54) is 44.5 Å². The quantitative estimate of drug-likeness (QED) is 0.417. The van der Waals surface area contributed by atoms with E-state index < -0.39 is 40.3 Å². The summed E-state index contributed by atoms with van der Waals surface area (Å²) in [6.45, 7) is 1.34. The van der Waals surface area contributed by atoms with Crippen LogP contribution < -0.4 is 20.5 Å². The van der Waals surface area contributed by atoms with Crippen LogP contribution in [0, 0.1) is 6.92 Å². The van der Waals surface area contributed by atoms with E-state index in [4.69, 9.17) is 16.3 Å². The van der Waals surface area contributed by atoms with Gasteiger partial charge in [0.15, 0.2) is 0 Å². The van der Waals surface area contributed by atoms with E-state index >= 15 is 0 Å². The van der Waals surface area contributed by atoms with Crippen molar-refractivity contribution in [3.8, 4) is 5.75 Å². The molecular formula is C21H23ClN4O6S. The van der Waals surface area contributed by atoms with Crippen molar-refractivity contribution < 1.29 is 27.5 Å². The summed E-state index contributed by atoms with van der Waals surface area (Å²) in [5.74, 6) is -1.36. The second-order valence-corrected chi connectivity index (χ2v) is 9.86. The van der Waals surface area contributed by atoms with Gasteiger partial charge in [-0.2, -0.15) is 4.31 Å². The van der Waals surface area contributed by atoms with Crippen LogP contribution in [0.4, 0.5) is 5.69 Å². The Morgan fingerprint density at radius 1 is 1.21 bits per heavy atom. The fourth-order valence-electron chi connectivity index (χ4n) is 3.19. The highest BCUT2D eigenvalue weighted by Crippen LogP contribution is 2.31. The van der Waals surface area contributed by atoms with Crippen LogP contribution in [0.2, 0.25) is 5.02 Å². The van der Waals surface area contributed by atoms with Gasteiger partial charge in [0.05, 0.1) is 35.7 Å². The molecular weight excluding hydrogens is 472 g/mol. The van der Waals surface area contributed by atoms with Gasteiger partial charge in [0, 0.05) is 7.05 Å². The van der Waals surface area contributed by atoms with E-state index in [9.17, 15) is 22.8 Å². The Morgan fingerprint density at radius 2 is 1.88 bits per heavy atom. The molecule has 1 aliphatic heterocycles. The number of aryl methyl sites for hydroxylation is 1. The molecule has 2 aromatic carbocycles. The Balaban J connectivity index is 1.60. The van der Waals surface area contributed by atoms with Gasteiger partial charge in [-0.1, -0.05) is 29.3 Å². The highest BCUT2D eigenvalue weighted by molar-refractivity contribution is 7.89. The first-order valence-corrected chi connectivity index (χ1v) is 11.6. The summed E-state index contributed by atoms with van der Waals surface area (Å²) in [7, 11) is -1.15. The van der Waals surface area contributed by atoms with Gasteiger partial charge < -0.3 is 4.74 Å². The molecule has 3 amide bonds. The first kappa shape index (κ1) is 24.6. The Morgan fingerprint density at radius 3 is 2.48 bits per heavy atom. The molecule has 2 N–H and O–H groups in total. The predicted molar refractivity (Wildman–Crippen MR) is 121 cm³/mol. The first-order chi connectivity index (χ1) is 15.5. The number of benzene rings is 2. The number of rotatable bonds is 8. The number of methoxy groups -OCH3 is 1. The SMILES string of the molecule is COc1ccc(N2C(=O)CC(NNC(=O)CN(C)S(=O)(=O)c3ccc(C)cc3)C2=O)cc1Cl. The fraction of sp³-hybridized carbons (Fsp3) is 0.286. The molecule has 1 atom stereocenters. The lowest BCUT2D eigenvalue weighted by molar-refractivity contribution is -0.123. The van der Waals surface area contributed by atoms with E-state index in [-0.39, 0.29) is 22.0 Å². The third kappa shape index (κ3) is 5.33. The number of ether oxygens (including phenoxy) is 1. The lowest BCUT2D eigenvalue weighted by Gasteiger charge is -2.19. The van der Waals surface area contributed by atoms with Gasteiger partial charge >= 0.3 is 0 Å². The number of halogens is 1. The number of amides is 3. The van der Waals surface area contributed by atoms with Crippen LogP contribution in [0.25, 0.3) is 0 Å². The molecule has 1 saturated heterocycles. The fourth-order valence-corrected chi connectivity index (χ4v) is 4.57. The van der Waals surface area contributed by atoms with Crippen molar-refractivity contribution in [1.82, 2.24) is 15.2 Å². The Bertz CT molecular complexity index is 1190. The molecule has 12 heteroatoms. The van der Waals surface area contributed by atoms with Gasteiger partial charge in [-0.3, -0.25) is 19.8 Å². The van der Waals surface area contributed by atoms with Crippen LogP contribution in [-0.4, -0.2) is 57.2 Å². The van der Waals surface area contributed by atoms with Gasteiger partial charge in [-0.25, -0.2) is 18.7 Å². The topological polar surface area (TPSA) is 125 Å². The van der Waals surface area contributed by atoms with E-state index in [1.807, 2.05) is 6.92 Å². The van der Waals surface area contributed by atoms with Gasteiger partial charge in [-0.05, 0) is 37.3 Å². The number of carbonyl (C=O) groups excluding carboxylic acids is 3. The number of imide groups is 1. The maximum atomic E-state index is 12.7. The van der Waals surface area contributed by atoms with Crippen LogP contribution in [0.15, 0.2) is 47.4 Å². The number of nitrogens with one attached hydrogen (secondary N) is 2. The number of hydrazine groups is 1. The maximum Gasteiger partial charge on any atom is 0.253 e. The molecule has 1 aliphatic rings. The summed E-state index contributed by atoms with van der Waals surface area (Å²) < 4.78 is 31.2. The second-order valence-electron chi connectivity index (χ2n) is 7.41. The third-order valence-electron chi connectivity index (χ3n) is 5.02. The summed E-state index contributed by atoms with van der Waals surface area (Å²) in [5.41, 5.74) is 5.99. The van der Waals surface area contributed by atoms with E-state index in [2.05, 4.69) is 10.9 Å². The average Bonchev–Trinajstić information content (AvgIpc) is 3.05. The van der Waals surface area contributed by atoms with Crippen LogP contribution in [0.3, 0.4) is 0 Å². The minimum atomic E-state index is -3.87. The number of hydrogen-bond donors (Lipinski definition) is 2. The van der Waals surface area contributed by atoms with Crippen molar-refractivity contribution in [3.63, 3.8) is 0 Å². The number of anilines is 1. The molecule has 3 rings (SSSR count). The van der Waals surface area contributed by atoms with Gasteiger partial charge in [0.25, 0.3) is 5.91 Å². The Kier molecular flexibility index (Phi) is 7.38. The molecule has 2 aromatic rings. The zero-order chi connectivity index (χ0) is 24.3. The summed E-state index contributed by atoms with van der Waals surface area (Å²) in [6, 6.07) is 9.71. The van der Waals surface area contributed by atoms with Gasteiger partial charge in [0.1, 0.15) is 11.8 Å². The summed E-state index contributed by atoms with van der Waals surface area (Å²) in [4.78, 5) is 38.4. The molecule has 0 aromatic heterocycles. The van der Waals surface area contributed by atoms with Crippen molar-refractivity contribution in [2.45, 2.75) is 24.3 Å². The van der Waals surface area contributed by atoms with E-state index in [0.717, 1.165) is 14.8 Å². The monoisotopic (exact) mass is 494 g/mol. The van der Waals surface area contributed by atoms with Crippen molar-refractivity contribution in [1.29, 1.82) is 0 Å². The molecule has 0 radical (unpaired) electrons. The summed E-state index contributed by atoms with van der Waals surface area (Å²) >= 11 is 6.08. The highest BCUT2D eigenvalue weighted by Gasteiger charge is 2.40. The Hall–Kier alpha value is -2.99. The Labute approximate surface area is 196 Å². The van der Waals surface area contributed by atoms with Crippen molar-refractivity contribution in [2.75, 3.05) is 25.6 Å². The van der Waals surface area contributed by atoms with Crippen LogP contribution in [0.1, 0.15) is 12.0 Å². The molecule has 1 fully saturated rings. The van der Waals surface area contributed by atoms with Crippen LogP contribution in [-0.2, 0) is 24.4 Å². The molecule has 0 bridgehead atoms. The lowest BCUT2D eigenvalue weighted by atomic mass is 10.2. The number of likely N-dealkylation sites (N-methyl/N-ethyl adjacent to an activating group) is 1. The minimum absolute atomic E-state index is 0.0571. The van der Waals surface area contributed by atoms with Gasteiger partial charge in [0.2, 0.25) is 21.8 Å². The molecule has 176 valence electrons. The lowest BCUT2D eigenvalue weighted by Crippen LogP contribution is -2.51. The zero-order valence-electron chi connectivity index (χ0n) is 18.2. The molecule has 0 aliphatic carbocycles. The smallest absolute Gasteiger partial charge is 0.253 e. The van der Waals surface area contributed by atoms with E-state index in [1.54, 1.807) is 12.1 Å².